The monoisotopic (exact) mass is 852 g/mol. The number of hydrogen-bond donors (Lipinski definition) is 0. The Morgan fingerprint density at radius 1 is 0.333 bits per heavy atom. The molecule has 0 unspecified atom stereocenters. The predicted molar refractivity (Wildman–Crippen MR) is 273 cm³/mol. The van der Waals surface area contributed by atoms with Crippen LogP contribution in [0.2, 0.25) is 0 Å². The lowest BCUT2D eigenvalue weighted by molar-refractivity contribution is 0.660. The van der Waals surface area contributed by atoms with Crippen LogP contribution in [-0.4, -0.2) is 19.9 Å². The summed E-state index contributed by atoms with van der Waals surface area (Å²) in [4.78, 5) is 22.3. The van der Waals surface area contributed by atoms with Crippen LogP contribution in [0.4, 0.5) is 34.4 Å². The number of anilines is 6. The molecule has 2 aliphatic rings. The summed E-state index contributed by atoms with van der Waals surface area (Å²) in [5.41, 5.74) is 18.9. The first-order chi connectivity index (χ1) is 32.2. The molecule has 318 valence electrons. The van der Waals surface area contributed by atoms with Gasteiger partial charge in [0, 0.05) is 59.4 Å². The molecule has 0 amide bonds. The summed E-state index contributed by atoms with van der Waals surface area (Å²) in [6.45, 7) is 9.33. The van der Waals surface area contributed by atoms with Crippen LogP contribution in [0, 0.1) is 0 Å². The fourth-order valence-corrected chi connectivity index (χ4v) is 9.86. The zero-order chi connectivity index (χ0) is 44.8. The lowest BCUT2D eigenvalue weighted by Gasteiger charge is -2.27. The van der Waals surface area contributed by atoms with Crippen molar-refractivity contribution in [2.75, 3.05) is 9.80 Å². The number of hydrogen-bond acceptors (Lipinski definition) is 6. The van der Waals surface area contributed by atoms with E-state index in [1.807, 2.05) is 97.8 Å². The van der Waals surface area contributed by atoms with Gasteiger partial charge in [-0.2, -0.15) is 0 Å². The van der Waals surface area contributed by atoms with Gasteiger partial charge >= 0.3 is 0 Å². The molecule has 0 aliphatic heterocycles. The summed E-state index contributed by atoms with van der Waals surface area (Å²) in [6, 6.07) is 56.3. The van der Waals surface area contributed by atoms with Crippen LogP contribution in [0.15, 0.2) is 195 Å². The molecule has 0 saturated carbocycles. The summed E-state index contributed by atoms with van der Waals surface area (Å²) in [7, 11) is 0. The maximum atomic E-state index is 4.72. The first-order valence-corrected chi connectivity index (χ1v) is 22.5. The standard InChI is InChI=1S/C60H48N6/c1-59(2)53-37-43(19-23-49(53)51-25-21-47(39-55(51)59)65(45-27-33-61-34-28-45)57-9-5-7-31-63-57)17-15-41-11-13-42(14-12-41)16-18-44-20-24-50-52-26-22-48(40-56(52)60(3,4)54(50)38-44)66(46-29-35-62-36-30-46)58-10-6-8-32-64-58/h5-40H,1-4H3. The van der Waals surface area contributed by atoms with Crippen LogP contribution in [0.25, 0.3) is 46.6 Å². The number of nitrogens with zero attached hydrogens (tertiary/aromatic N) is 6. The van der Waals surface area contributed by atoms with Gasteiger partial charge in [0.1, 0.15) is 11.6 Å². The molecule has 5 aromatic carbocycles. The van der Waals surface area contributed by atoms with Crippen molar-refractivity contribution in [3.8, 4) is 22.3 Å². The third-order valence-electron chi connectivity index (χ3n) is 13.4. The molecular weight excluding hydrogens is 805 g/mol. The van der Waals surface area contributed by atoms with Crippen LogP contribution in [-0.2, 0) is 10.8 Å². The quantitative estimate of drug-likeness (QED) is 0.128. The van der Waals surface area contributed by atoms with Gasteiger partial charge in [-0.3, -0.25) is 19.8 Å². The third kappa shape index (κ3) is 7.27. The highest BCUT2D eigenvalue weighted by Gasteiger charge is 2.37. The Kier molecular flexibility index (Phi) is 10.1. The number of rotatable bonds is 10. The second-order valence-electron chi connectivity index (χ2n) is 18.1. The second-order valence-corrected chi connectivity index (χ2v) is 18.1. The van der Waals surface area contributed by atoms with Crippen molar-refractivity contribution in [1.29, 1.82) is 0 Å². The van der Waals surface area contributed by atoms with Gasteiger partial charge in [0.2, 0.25) is 0 Å². The van der Waals surface area contributed by atoms with Gasteiger partial charge < -0.3 is 0 Å². The molecular formula is C60H48N6. The Bertz CT molecular complexity index is 2980. The molecule has 6 nitrogen and oxygen atoms in total. The molecule has 0 saturated heterocycles. The van der Waals surface area contributed by atoms with Crippen molar-refractivity contribution >= 4 is 58.7 Å². The van der Waals surface area contributed by atoms with Crippen molar-refractivity contribution in [2.45, 2.75) is 38.5 Å². The van der Waals surface area contributed by atoms with Gasteiger partial charge in [-0.25, -0.2) is 9.97 Å². The number of benzene rings is 5. The lowest BCUT2D eigenvalue weighted by atomic mass is 9.81. The minimum Gasteiger partial charge on any atom is -0.295 e. The summed E-state index contributed by atoms with van der Waals surface area (Å²) >= 11 is 0. The van der Waals surface area contributed by atoms with Crippen molar-refractivity contribution < 1.29 is 0 Å². The normalized spacial score (nSPS) is 13.9. The third-order valence-corrected chi connectivity index (χ3v) is 13.4. The number of fused-ring (bicyclic) bond motifs is 6. The summed E-state index contributed by atoms with van der Waals surface area (Å²) in [5, 5.41) is 0. The first-order valence-electron chi connectivity index (χ1n) is 22.5. The summed E-state index contributed by atoms with van der Waals surface area (Å²) in [5.74, 6) is 1.73. The molecule has 0 atom stereocenters. The van der Waals surface area contributed by atoms with Gasteiger partial charge in [0.05, 0.1) is 11.4 Å². The van der Waals surface area contributed by atoms with Gasteiger partial charge in [-0.1, -0.05) is 137 Å². The van der Waals surface area contributed by atoms with Gasteiger partial charge in [-0.15, -0.1) is 0 Å². The number of pyridine rings is 4. The highest BCUT2D eigenvalue weighted by molar-refractivity contribution is 5.88. The Labute approximate surface area is 387 Å². The Balaban J connectivity index is 0.796. The van der Waals surface area contributed by atoms with E-state index in [2.05, 4.69) is 169 Å². The number of aromatic nitrogens is 4. The maximum absolute atomic E-state index is 4.72. The van der Waals surface area contributed by atoms with E-state index in [1.54, 1.807) is 0 Å². The predicted octanol–water partition coefficient (Wildman–Crippen LogP) is 15.2. The lowest BCUT2D eigenvalue weighted by Crippen LogP contribution is -2.17. The van der Waals surface area contributed by atoms with E-state index in [0.717, 1.165) is 45.5 Å². The smallest absolute Gasteiger partial charge is 0.137 e. The molecule has 0 N–H and O–H groups in total. The van der Waals surface area contributed by atoms with Crippen LogP contribution in [0.1, 0.15) is 72.2 Å². The van der Waals surface area contributed by atoms with Crippen molar-refractivity contribution in [2.24, 2.45) is 0 Å². The van der Waals surface area contributed by atoms with Crippen molar-refractivity contribution in [3.63, 3.8) is 0 Å². The van der Waals surface area contributed by atoms with E-state index in [4.69, 9.17) is 9.97 Å². The second kappa shape index (κ2) is 16.4. The van der Waals surface area contributed by atoms with E-state index >= 15 is 0 Å². The molecule has 9 aromatic rings. The fourth-order valence-electron chi connectivity index (χ4n) is 9.86. The Morgan fingerprint density at radius 3 is 1.06 bits per heavy atom. The Morgan fingerprint density at radius 2 is 0.682 bits per heavy atom. The van der Waals surface area contributed by atoms with E-state index in [9.17, 15) is 0 Å². The summed E-state index contributed by atoms with van der Waals surface area (Å²) in [6.07, 6.45) is 19.9. The molecule has 11 rings (SSSR count). The molecule has 4 heterocycles. The van der Waals surface area contributed by atoms with Crippen LogP contribution < -0.4 is 9.80 Å². The van der Waals surface area contributed by atoms with E-state index < -0.39 is 0 Å². The van der Waals surface area contributed by atoms with Crippen molar-refractivity contribution in [3.05, 3.63) is 239 Å². The molecule has 6 heteroatoms. The zero-order valence-corrected chi connectivity index (χ0v) is 37.5. The van der Waals surface area contributed by atoms with E-state index in [-0.39, 0.29) is 10.8 Å². The van der Waals surface area contributed by atoms with Crippen LogP contribution >= 0.6 is 0 Å². The Hall–Kier alpha value is -8.22. The largest absolute Gasteiger partial charge is 0.295 e. The van der Waals surface area contributed by atoms with E-state index in [1.165, 1.54) is 55.6 Å². The average Bonchev–Trinajstić information content (AvgIpc) is 3.72. The van der Waals surface area contributed by atoms with Gasteiger partial charge in [0.15, 0.2) is 0 Å². The summed E-state index contributed by atoms with van der Waals surface area (Å²) < 4.78 is 0. The van der Waals surface area contributed by atoms with Gasteiger partial charge in [0.25, 0.3) is 0 Å². The zero-order valence-electron chi connectivity index (χ0n) is 37.5. The highest BCUT2D eigenvalue weighted by atomic mass is 15.2. The maximum Gasteiger partial charge on any atom is 0.137 e. The molecule has 0 radical (unpaired) electrons. The molecule has 0 bridgehead atoms. The average molecular weight is 853 g/mol. The topological polar surface area (TPSA) is 58.0 Å². The van der Waals surface area contributed by atoms with E-state index in [0.29, 0.717) is 0 Å². The van der Waals surface area contributed by atoms with Crippen molar-refractivity contribution in [1.82, 2.24) is 19.9 Å². The molecule has 0 spiro atoms. The minimum atomic E-state index is -0.183. The van der Waals surface area contributed by atoms with Gasteiger partial charge in [-0.05, 0) is 140 Å². The molecule has 4 aromatic heterocycles. The first kappa shape index (κ1) is 40.5. The molecule has 2 aliphatic carbocycles. The SMILES string of the molecule is CC1(C)c2cc(C=Cc3ccc(C=Cc4ccc5c(c4)C(C)(C)c4cc(N(c6ccncc6)c6ccccn6)ccc4-5)cc3)ccc2-c2ccc(N(c3ccncc3)c3ccccn3)cc21. The molecule has 66 heavy (non-hydrogen) atoms. The highest BCUT2D eigenvalue weighted by Crippen LogP contribution is 2.52. The van der Waals surface area contributed by atoms with Crippen LogP contribution in [0.3, 0.4) is 0 Å². The van der Waals surface area contributed by atoms with Crippen LogP contribution in [0.5, 0.6) is 0 Å². The minimum absolute atomic E-state index is 0.183. The molecule has 0 fully saturated rings. The fraction of sp³-hybridized carbons (Fsp3) is 0.100.